The number of carbonyl (C=O) groups is 1. The van der Waals surface area contributed by atoms with Gasteiger partial charge >= 0.3 is 0 Å². The van der Waals surface area contributed by atoms with E-state index in [1.807, 2.05) is 6.07 Å². The van der Waals surface area contributed by atoms with E-state index in [1.54, 1.807) is 24.3 Å². The lowest BCUT2D eigenvalue weighted by atomic mass is 10.2. The summed E-state index contributed by atoms with van der Waals surface area (Å²) in [5.41, 5.74) is 0.696. The normalized spacial score (nSPS) is 13.1. The van der Waals surface area contributed by atoms with E-state index in [9.17, 15) is 4.79 Å². The number of rotatable bonds is 3. The minimum Gasteiger partial charge on any atom is -0.486 e. The molecule has 1 N–H and O–H groups in total. The summed E-state index contributed by atoms with van der Waals surface area (Å²) in [4.78, 5) is 12.9. The van der Waals surface area contributed by atoms with Crippen molar-refractivity contribution in [2.75, 3.05) is 18.5 Å². The summed E-state index contributed by atoms with van der Waals surface area (Å²) in [5.74, 6) is 1.28. The molecule has 2 aromatic rings. The number of amides is 1. The Labute approximate surface area is 125 Å². The molecular formula is C14H12ClNO3S. The molecule has 1 aliphatic rings. The maximum absolute atomic E-state index is 11.9. The molecule has 1 aromatic carbocycles. The van der Waals surface area contributed by atoms with Crippen molar-refractivity contribution in [3.05, 3.63) is 39.5 Å². The fourth-order valence-electron chi connectivity index (χ4n) is 1.93. The number of nitrogens with one attached hydrogen (secondary N) is 1. The first-order chi connectivity index (χ1) is 9.70. The van der Waals surface area contributed by atoms with Gasteiger partial charge in [-0.25, -0.2) is 0 Å². The fourth-order valence-corrected chi connectivity index (χ4v) is 3.02. The van der Waals surface area contributed by atoms with Crippen LogP contribution >= 0.6 is 22.9 Å². The summed E-state index contributed by atoms with van der Waals surface area (Å²) < 4.78 is 11.6. The van der Waals surface area contributed by atoms with Gasteiger partial charge in [0.1, 0.15) is 13.2 Å². The van der Waals surface area contributed by atoms with Gasteiger partial charge in [0.05, 0.1) is 10.8 Å². The molecule has 0 spiro atoms. The Hall–Kier alpha value is -1.72. The highest BCUT2D eigenvalue weighted by Gasteiger charge is 2.13. The van der Waals surface area contributed by atoms with Crippen LogP contribution in [0.5, 0.6) is 11.5 Å². The molecule has 0 atom stereocenters. The van der Waals surface area contributed by atoms with Crippen LogP contribution in [0.25, 0.3) is 0 Å². The number of ether oxygens (including phenoxy) is 2. The lowest BCUT2D eigenvalue weighted by Gasteiger charge is -2.18. The minimum atomic E-state index is -0.0832. The molecule has 0 saturated heterocycles. The average molecular weight is 310 g/mol. The van der Waals surface area contributed by atoms with Crippen LogP contribution in [0.4, 0.5) is 5.69 Å². The third-order valence-electron chi connectivity index (χ3n) is 2.79. The average Bonchev–Trinajstić information content (AvgIpc) is 2.83. The summed E-state index contributed by atoms with van der Waals surface area (Å²) in [6.45, 7) is 1.08. The number of anilines is 1. The van der Waals surface area contributed by atoms with Gasteiger partial charge in [0.15, 0.2) is 11.5 Å². The standard InChI is InChI=1S/C14H12ClNO3S/c15-13-4-2-10(20-13)8-14(17)16-9-1-3-11-12(7-9)19-6-5-18-11/h1-4,7H,5-6,8H2,(H,16,17). The molecule has 4 nitrogen and oxygen atoms in total. The van der Waals surface area contributed by atoms with Gasteiger partial charge in [-0.3, -0.25) is 4.79 Å². The quantitative estimate of drug-likeness (QED) is 0.946. The van der Waals surface area contributed by atoms with E-state index in [-0.39, 0.29) is 5.91 Å². The van der Waals surface area contributed by atoms with E-state index < -0.39 is 0 Å². The molecule has 0 aliphatic carbocycles. The fraction of sp³-hybridized carbons (Fsp3) is 0.214. The van der Waals surface area contributed by atoms with Crippen LogP contribution in [0.15, 0.2) is 30.3 Å². The Morgan fingerprint density at radius 2 is 2.00 bits per heavy atom. The van der Waals surface area contributed by atoms with E-state index in [0.717, 1.165) is 4.88 Å². The predicted molar refractivity (Wildman–Crippen MR) is 79.1 cm³/mol. The zero-order valence-corrected chi connectivity index (χ0v) is 12.1. The molecule has 1 amide bonds. The molecule has 2 heterocycles. The highest BCUT2D eigenvalue weighted by Crippen LogP contribution is 2.32. The second kappa shape index (κ2) is 5.73. The van der Waals surface area contributed by atoms with Crippen molar-refractivity contribution in [1.29, 1.82) is 0 Å². The second-order valence-corrected chi connectivity index (χ2v) is 6.09. The lowest BCUT2D eigenvalue weighted by molar-refractivity contribution is -0.115. The van der Waals surface area contributed by atoms with Crippen LogP contribution in [0.1, 0.15) is 4.88 Å². The third kappa shape index (κ3) is 3.05. The van der Waals surface area contributed by atoms with E-state index in [0.29, 0.717) is 41.2 Å². The maximum Gasteiger partial charge on any atom is 0.229 e. The molecule has 1 aromatic heterocycles. The monoisotopic (exact) mass is 309 g/mol. The molecular weight excluding hydrogens is 298 g/mol. The van der Waals surface area contributed by atoms with E-state index >= 15 is 0 Å². The SMILES string of the molecule is O=C(Cc1ccc(Cl)s1)Nc1ccc2c(c1)OCCO2. The van der Waals surface area contributed by atoms with Crippen molar-refractivity contribution in [3.8, 4) is 11.5 Å². The topological polar surface area (TPSA) is 47.6 Å². The summed E-state index contributed by atoms with van der Waals surface area (Å²) in [5, 5.41) is 2.84. The number of benzene rings is 1. The van der Waals surface area contributed by atoms with Gasteiger partial charge in [-0.05, 0) is 24.3 Å². The molecule has 0 radical (unpaired) electrons. The van der Waals surface area contributed by atoms with Crippen LogP contribution in [-0.2, 0) is 11.2 Å². The van der Waals surface area contributed by atoms with E-state index in [4.69, 9.17) is 21.1 Å². The lowest BCUT2D eigenvalue weighted by Crippen LogP contribution is -2.17. The molecule has 3 rings (SSSR count). The van der Waals surface area contributed by atoms with Gasteiger partial charge < -0.3 is 14.8 Å². The highest BCUT2D eigenvalue weighted by molar-refractivity contribution is 7.16. The number of fused-ring (bicyclic) bond motifs is 1. The summed E-state index contributed by atoms with van der Waals surface area (Å²) in [7, 11) is 0. The van der Waals surface area contributed by atoms with E-state index in [1.165, 1.54) is 11.3 Å². The summed E-state index contributed by atoms with van der Waals surface area (Å²) in [6.07, 6.45) is 0.311. The molecule has 0 fully saturated rings. The van der Waals surface area contributed by atoms with Gasteiger partial charge in [-0.1, -0.05) is 11.6 Å². The van der Waals surface area contributed by atoms with Crippen molar-refractivity contribution < 1.29 is 14.3 Å². The number of hydrogen-bond donors (Lipinski definition) is 1. The molecule has 104 valence electrons. The van der Waals surface area contributed by atoms with Gasteiger partial charge in [0, 0.05) is 16.6 Å². The van der Waals surface area contributed by atoms with Gasteiger partial charge in [-0.2, -0.15) is 0 Å². The minimum absolute atomic E-state index is 0.0832. The Kier molecular flexibility index (Phi) is 3.80. The molecule has 20 heavy (non-hydrogen) atoms. The van der Waals surface area contributed by atoms with Gasteiger partial charge in [0.2, 0.25) is 5.91 Å². The number of thiophene rings is 1. The number of halogens is 1. The van der Waals surface area contributed by atoms with Gasteiger partial charge in [-0.15, -0.1) is 11.3 Å². The van der Waals surface area contributed by atoms with Crippen LogP contribution in [-0.4, -0.2) is 19.1 Å². The van der Waals surface area contributed by atoms with Crippen LogP contribution in [0.2, 0.25) is 4.34 Å². The Morgan fingerprint density at radius 1 is 1.20 bits per heavy atom. The van der Waals surface area contributed by atoms with E-state index in [2.05, 4.69) is 5.32 Å². The van der Waals surface area contributed by atoms with Crippen LogP contribution in [0, 0.1) is 0 Å². The largest absolute Gasteiger partial charge is 0.486 e. The Bertz CT molecular complexity index is 641. The zero-order chi connectivity index (χ0) is 13.9. The maximum atomic E-state index is 11.9. The molecule has 0 saturated carbocycles. The van der Waals surface area contributed by atoms with Crippen molar-refractivity contribution in [2.24, 2.45) is 0 Å². The first kappa shape index (κ1) is 13.3. The first-order valence-electron chi connectivity index (χ1n) is 6.14. The predicted octanol–water partition coefficient (Wildman–Crippen LogP) is 3.35. The Morgan fingerprint density at radius 3 is 2.75 bits per heavy atom. The third-order valence-corrected chi connectivity index (χ3v) is 4.02. The second-order valence-electron chi connectivity index (χ2n) is 4.29. The smallest absolute Gasteiger partial charge is 0.229 e. The molecule has 0 bridgehead atoms. The number of hydrogen-bond acceptors (Lipinski definition) is 4. The van der Waals surface area contributed by atoms with Crippen molar-refractivity contribution in [1.82, 2.24) is 0 Å². The van der Waals surface area contributed by atoms with Crippen molar-refractivity contribution >= 4 is 34.5 Å². The molecule has 0 unspecified atom stereocenters. The van der Waals surface area contributed by atoms with Crippen LogP contribution < -0.4 is 14.8 Å². The zero-order valence-electron chi connectivity index (χ0n) is 10.5. The van der Waals surface area contributed by atoms with Crippen LogP contribution in [0.3, 0.4) is 0 Å². The van der Waals surface area contributed by atoms with Crippen molar-refractivity contribution in [3.63, 3.8) is 0 Å². The first-order valence-corrected chi connectivity index (χ1v) is 7.34. The highest BCUT2D eigenvalue weighted by atomic mass is 35.5. The molecule has 6 heteroatoms. The molecule has 1 aliphatic heterocycles. The summed E-state index contributed by atoms with van der Waals surface area (Å²) >= 11 is 7.25. The Balaban J connectivity index is 1.66. The number of carbonyl (C=O) groups excluding carboxylic acids is 1. The van der Waals surface area contributed by atoms with Crippen molar-refractivity contribution in [2.45, 2.75) is 6.42 Å². The summed E-state index contributed by atoms with van der Waals surface area (Å²) in [6, 6.07) is 9.02. The van der Waals surface area contributed by atoms with Gasteiger partial charge in [0.25, 0.3) is 0 Å².